The van der Waals surface area contributed by atoms with Crippen LogP contribution in [-0.4, -0.2) is 24.9 Å². The number of benzene rings is 7. The first-order valence-electron chi connectivity index (χ1n) is 18.2. The summed E-state index contributed by atoms with van der Waals surface area (Å²) >= 11 is 1.73. The highest BCUT2D eigenvalue weighted by Gasteiger charge is 2.18. The van der Waals surface area contributed by atoms with Gasteiger partial charge in [-0.05, 0) is 34.4 Å². The van der Waals surface area contributed by atoms with E-state index in [9.17, 15) is 0 Å². The summed E-state index contributed by atoms with van der Waals surface area (Å²) in [4.78, 5) is 25.6. The van der Waals surface area contributed by atoms with Crippen LogP contribution in [0.5, 0.6) is 0 Å². The van der Waals surface area contributed by atoms with Gasteiger partial charge in [0.2, 0.25) is 0 Å². The van der Waals surface area contributed by atoms with Gasteiger partial charge in [0.05, 0.1) is 15.9 Å². The van der Waals surface area contributed by atoms with Crippen molar-refractivity contribution >= 4 is 31.6 Å². The van der Waals surface area contributed by atoms with Crippen molar-refractivity contribution in [3.8, 4) is 79.1 Å². The SMILES string of the molecule is c1ccc(-c2ccc(-c3nc(-c4ccccc4)nc(-c4cccc(-c5nc(-c6ccc(-c7ccccc7)cc6)c6sc7ccccc7c6n5)c4)n3)cc2)cc1. The molecule has 3 aromatic heterocycles. The van der Waals surface area contributed by atoms with Crippen LogP contribution in [0.15, 0.2) is 188 Å². The standard InChI is InChI=1S/C49H31N5S/c1-4-13-32(14-5-1)34-23-27-36(28-24-34)43-45-44(41-21-10-11-22-42(41)55-45)51-48(50-43)39-19-12-20-40(31-39)49-53-46(37-17-8-3-9-18-37)52-47(54-49)38-29-25-35(26-30-38)33-15-6-2-7-16-33/h1-31H. The zero-order chi connectivity index (χ0) is 36.6. The van der Waals surface area contributed by atoms with Gasteiger partial charge in [0.15, 0.2) is 23.3 Å². The first-order valence-corrected chi connectivity index (χ1v) is 19.0. The molecule has 0 atom stereocenters. The molecule has 10 rings (SSSR count). The number of rotatable bonds is 7. The van der Waals surface area contributed by atoms with Crippen LogP contribution >= 0.6 is 11.3 Å². The minimum atomic E-state index is 0.580. The molecule has 0 unspecified atom stereocenters. The van der Waals surface area contributed by atoms with Gasteiger partial charge in [-0.25, -0.2) is 24.9 Å². The predicted molar refractivity (Wildman–Crippen MR) is 226 cm³/mol. The molecule has 10 aromatic rings. The zero-order valence-electron chi connectivity index (χ0n) is 29.5. The first-order chi connectivity index (χ1) is 27.2. The summed E-state index contributed by atoms with van der Waals surface area (Å²) in [5.41, 5.74) is 11.1. The molecular formula is C49H31N5S. The molecule has 0 N–H and O–H groups in total. The van der Waals surface area contributed by atoms with Gasteiger partial charge in [-0.3, -0.25) is 0 Å². The van der Waals surface area contributed by atoms with Crippen LogP contribution in [0.3, 0.4) is 0 Å². The Balaban J connectivity index is 1.09. The molecule has 0 aliphatic carbocycles. The van der Waals surface area contributed by atoms with Crippen molar-refractivity contribution in [1.29, 1.82) is 0 Å². The summed E-state index contributed by atoms with van der Waals surface area (Å²) in [5.74, 6) is 2.45. The van der Waals surface area contributed by atoms with Crippen molar-refractivity contribution in [1.82, 2.24) is 24.9 Å². The maximum atomic E-state index is 5.28. The third-order valence-corrected chi connectivity index (χ3v) is 10.9. The number of aromatic nitrogens is 5. The van der Waals surface area contributed by atoms with E-state index < -0.39 is 0 Å². The van der Waals surface area contributed by atoms with Crippen molar-refractivity contribution in [3.05, 3.63) is 188 Å². The molecule has 7 aromatic carbocycles. The van der Waals surface area contributed by atoms with Crippen LogP contribution in [0.2, 0.25) is 0 Å². The lowest BCUT2D eigenvalue weighted by Gasteiger charge is -2.11. The van der Waals surface area contributed by atoms with Gasteiger partial charge >= 0.3 is 0 Å². The Kier molecular flexibility index (Phi) is 8.28. The maximum absolute atomic E-state index is 5.28. The zero-order valence-corrected chi connectivity index (χ0v) is 30.4. The van der Waals surface area contributed by atoms with Crippen molar-refractivity contribution in [2.45, 2.75) is 0 Å². The molecule has 0 bridgehead atoms. The molecule has 3 heterocycles. The fourth-order valence-corrected chi connectivity index (χ4v) is 8.11. The fourth-order valence-electron chi connectivity index (χ4n) is 6.96. The van der Waals surface area contributed by atoms with Crippen molar-refractivity contribution in [2.75, 3.05) is 0 Å². The lowest BCUT2D eigenvalue weighted by molar-refractivity contribution is 1.07. The van der Waals surface area contributed by atoms with Crippen LogP contribution < -0.4 is 0 Å². The van der Waals surface area contributed by atoms with Gasteiger partial charge < -0.3 is 0 Å². The van der Waals surface area contributed by atoms with Gasteiger partial charge in [-0.15, -0.1) is 11.3 Å². The van der Waals surface area contributed by atoms with Gasteiger partial charge in [0.1, 0.15) is 0 Å². The molecule has 5 nitrogen and oxygen atoms in total. The average Bonchev–Trinajstić information content (AvgIpc) is 3.66. The van der Waals surface area contributed by atoms with E-state index in [1.807, 2.05) is 54.6 Å². The van der Waals surface area contributed by atoms with E-state index in [-0.39, 0.29) is 0 Å². The Hall–Kier alpha value is -7.15. The molecule has 0 saturated heterocycles. The van der Waals surface area contributed by atoms with Gasteiger partial charge in [-0.1, -0.05) is 176 Å². The number of nitrogens with zero attached hydrogens (tertiary/aromatic N) is 5. The molecule has 0 radical (unpaired) electrons. The van der Waals surface area contributed by atoms with Crippen LogP contribution in [0.4, 0.5) is 0 Å². The van der Waals surface area contributed by atoms with E-state index in [1.165, 1.54) is 10.3 Å². The maximum Gasteiger partial charge on any atom is 0.164 e. The number of hydrogen-bond donors (Lipinski definition) is 0. The van der Waals surface area contributed by atoms with Crippen LogP contribution in [0, 0.1) is 0 Å². The van der Waals surface area contributed by atoms with E-state index >= 15 is 0 Å². The molecular weight excluding hydrogens is 691 g/mol. The van der Waals surface area contributed by atoms with Gasteiger partial charge in [0.25, 0.3) is 0 Å². The van der Waals surface area contributed by atoms with Crippen LogP contribution in [-0.2, 0) is 0 Å². The smallest absolute Gasteiger partial charge is 0.164 e. The quantitative estimate of drug-likeness (QED) is 0.164. The highest BCUT2D eigenvalue weighted by atomic mass is 32.1. The molecule has 0 aliphatic heterocycles. The van der Waals surface area contributed by atoms with Crippen molar-refractivity contribution in [2.24, 2.45) is 0 Å². The third-order valence-electron chi connectivity index (χ3n) is 9.78. The van der Waals surface area contributed by atoms with E-state index in [0.717, 1.165) is 65.8 Å². The number of hydrogen-bond acceptors (Lipinski definition) is 6. The minimum Gasteiger partial charge on any atom is -0.226 e. The van der Waals surface area contributed by atoms with E-state index in [2.05, 4.69) is 133 Å². The second-order valence-electron chi connectivity index (χ2n) is 13.3. The Labute approximate surface area is 322 Å². The van der Waals surface area contributed by atoms with Gasteiger partial charge in [-0.2, -0.15) is 0 Å². The molecule has 0 aliphatic rings. The Morgan fingerprint density at radius 2 is 0.691 bits per heavy atom. The third kappa shape index (κ3) is 6.35. The minimum absolute atomic E-state index is 0.580. The summed E-state index contributed by atoms with van der Waals surface area (Å²) in [6, 6.07) is 64.6. The molecule has 0 amide bonds. The molecule has 6 heteroatoms. The summed E-state index contributed by atoms with van der Waals surface area (Å²) in [5, 5.41) is 1.12. The predicted octanol–water partition coefficient (Wildman–Crippen LogP) is 12.7. The normalized spacial score (nSPS) is 11.3. The van der Waals surface area contributed by atoms with E-state index in [0.29, 0.717) is 23.3 Å². The summed E-state index contributed by atoms with van der Waals surface area (Å²) in [6.45, 7) is 0. The number of fused-ring (bicyclic) bond motifs is 3. The molecule has 0 fully saturated rings. The largest absolute Gasteiger partial charge is 0.226 e. The monoisotopic (exact) mass is 721 g/mol. The fraction of sp³-hybridized carbons (Fsp3) is 0. The van der Waals surface area contributed by atoms with Crippen molar-refractivity contribution in [3.63, 3.8) is 0 Å². The lowest BCUT2D eigenvalue weighted by Crippen LogP contribution is -2.00. The average molecular weight is 722 g/mol. The molecule has 258 valence electrons. The topological polar surface area (TPSA) is 64.5 Å². The second-order valence-corrected chi connectivity index (χ2v) is 14.4. The van der Waals surface area contributed by atoms with E-state index in [4.69, 9.17) is 24.9 Å². The lowest BCUT2D eigenvalue weighted by atomic mass is 10.0. The Morgan fingerprint density at radius 1 is 0.291 bits per heavy atom. The van der Waals surface area contributed by atoms with E-state index in [1.54, 1.807) is 11.3 Å². The Morgan fingerprint density at radius 3 is 1.27 bits per heavy atom. The molecule has 0 saturated carbocycles. The highest BCUT2D eigenvalue weighted by molar-refractivity contribution is 7.26. The molecule has 0 spiro atoms. The highest BCUT2D eigenvalue weighted by Crippen LogP contribution is 2.40. The van der Waals surface area contributed by atoms with Crippen LogP contribution in [0.1, 0.15) is 0 Å². The summed E-state index contributed by atoms with van der Waals surface area (Å²) in [6.07, 6.45) is 0. The molecule has 55 heavy (non-hydrogen) atoms. The summed E-state index contributed by atoms with van der Waals surface area (Å²) in [7, 11) is 0. The first kappa shape index (κ1) is 32.5. The van der Waals surface area contributed by atoms with Crippen molar-refractivity contribution < 1.29 is 0 Å². The number of thiophene rings is 1. The Bertz CT molecular complexity index is 2940. The summed E-state index contributed by atoms with van der Waals surface area (Å²) < 4.78 is 2.25. The van der Waals surface area contributed by atoms with Gasteiger partial charge in [0, 0.05) is 37.9 Å². The van der Waals surface area contributed by atoms with Crippen LogP contribution in [0.25, 0.3) is 99.4 Å². The second kappa shape index (κ2) is 14.0.